The van der Waals surface area contributed by atoms with Gasteiger partial charge in [0, 0.05) is 6.42 Å². The molecule has 3 rings (SSSR count). The minimum absolute atomic E-state index is 0.0421. The normalized spacial score (nSPS) is 19.8. The first-order chi connectivity index (χ1) is 12.6. The third kappa shape index (κ3) is 3.84. The summed E-state index contributed by atoms with van der Waals surface area (Å²) in [6.07, 6.45) is 0.595. The fraction of sp³-hybridized carbons (Fsp3) is 0.550. The molecule has 6 nitrogen and oxygen atoms in total. The fourth-order valence-corrected chi connectivity index (χ4v) is 4.44. The molecular formula is C20H29N3O3Si. The molecule has 0 bridgehead atoms. The van der Waals surface area contributed by atoms with Crippen LogP contribution in [0.15, 0.2) is 30.3 Å². The number of hydrogen-bond donors (Lipinski definition) is 0. The molecule has 2 heterocycles. The summed E-state index contributed by atoms with van der Waals surface area (Å²) in [7, 11) is -1.97. The fourth-order valence-electron chi connectivity index (χ4n) is 3.12. The van der Waals surface area contributed by atoms with Gasteiger partial charge in [-0.15, -0.1) is 5.10 Å². The van der Waals surface area contributed by atoms with Crippen molar-refractivity contribution in [3.63, 3.8) is 0 Å². The average molecular weight is 388 g/mol. The van der Waals surface area contributed by atoms with Crippen LogP contribution in [0, 0.1) is 0 Å². The lowest BCUT2D eigenvalue weighted by Crippen LogP contribution is -2.45. The molecule has 2 aromatic rings. The average Bonchev–Trinajstić information content (AvgIpc) is 3.11. The SMILES string of the molecule is CCOC(=O)c1nc2n(n1)C(c1ccccc1)C(O[Si](C)(C)C(C)(C)C)C2. The van der Waals surface area contributed by atoms with Crippen molar-refractivity contribution in [3.05, 3.63) is 47.5 Å². The summed E-state index contributed by atoms with van der Waals surface area (Å²) in [6.45, 7) is 13.3. The maximum Gasteiger partial charge on any atom is 0.378 e. The Kier molecular flexibility index (Phi) is 5.27. The zero-order chi connectivity index (χ0) is 19.8. The van der Waals surface area contributed by atoms with Crippen LogP contribution in [0.4, 0.5) is 0 Å². The molecule has 7 heteroatoms. The molecule has 1 aromatic carbocycles. The number of benzene rings is 1. The highest BCUT2D eigenvalue weighted by Gasteiger charge is 2.45. The predicted octanol–water partition coefficient (Wildman–Crippen LogP) is 3.99. The van der Waals surface area contributed by atoms with Crippen molar-refractivity contribution in [2.75, 3.05) is 6.61 Å². The maximum absolute atomic E-state index is 12.1. The van der Waals surface area contributed by atoms with Crippen molar-refractivity contribution in [1.29, 1.82) is 0 Å². The van der Waals surface area contributed by atoms with Crippen molar-refractivity contribution in [3.8, 4) is 0 Å². The zero-order valence-corrected chi connectivity index (χ0v) is 18.0. The van der Waals surface area contributed by atoms with Gasteiger partial charge < -0.3 is 9.16 Å². The van der Waals surface area contributed by atoms with E-state index in [4.69, 9.17) is 9.16 Å². The van der Waals surface area contributed by atoms with Crippen molar-refractivity contribution >= 4 is 14.3 Å². The molecule has 146 valence electrons. The van der Waals surface area contributed by atoms with Crippen LogP contribution < -0.4 is 0 Å². The first kappa shape index (κ1) is 19.8. The lowest BCUT2D eigenvalue weighted by molar-refractivity contribution is 0.0509. The molecule has 1 aliphatic heterocycles. The Morgan fingerprint density at radius 1 is 1.26 bits per heavy atom. The summed E-state index contributed by atoms with van der Waals surface area (Å²) in [5.41, 5.74) is 1.11. The molecular weight excluding hydrogens is 358 g/mol. The summed E-state index contributed by atoms with van der Waals surface area (Å²) < 4.78 is 13.6. The van der Waals surface area contributed by atoms with E-state index in [2.05, 4.69) is 56.1 Å². The van der Waals surface area contributed by atoms with E-state index in [1.54, 1.807) is 6.92 Å². The predicted molar refractivity (Wildman–Crippen MR) is 106 cm³/mol. The Hall–Kier alpha value is -1.99. The quantitative estimate of drug-likeness (QED) is 0.573. The van der Waals surface area contributed by atoms with Gasteiger partial charge in [-0.05, 0) is 30.6 Å². The van der Waals surface area contributed by atoms with E-state index in [9.17, 15) is 4.79 Å². The lowest BCUT2D eigenvalue weighted by Gasteiger charge is -2.39. The second kappa shape index (κ2) is 7.20. The molecule has 0 fully saturated rings. The Morgan fingerprint density at radius 3 is 2.52 bits per heavy atom. The Morgan fingerprint density at radius 2 is 1.93 bits per heavy atom. The van der Waals surface area contributed by atoms with Crippen LogP contribution in [0.3, 0.4) is 0 Å². The number of rotatable bonds is 5. The van der Waals surface area contributed by atoms with Gasteiger partial charge in [-0.1, -0.05) is 51.1 Å². The van der Waals surface area contributed by atoms with Gasteiger partial charge in [-0.25, -0.2) is 14.5 Å². The van der Waals surface area contributed by atoms with Gasteiger partial charge in [0.15, 0.2) is 8.32 Å². The van der Waals surface area contributed by atoms with E-state index in [0.29, 0.717) is 13.0 Å². The molecule has 27 heavy (non-hydrogen) atoms. The summed E-state index contributed by atoms with van der Waals surface area (Å²) in [6, 6.07) is 10.1. The number of nitrogens with zero attached hydrogens (tertiary/aromatic N) is 3. The second-order valence-corrected chi connectivity index (χ2v) is 13.2. The monoisotopic (exact) mass is 387 g/mol. The smallest absolute Gasteiger partial charge is 0.378 e. The second-order valence-electron chi connectivity index (χ2n) is 8.49. The number of aromatic nitrogens is 3. The molecule has 1 aromatic heterocycles. The van der Waals surface area contributed by atoms with Crippen LogP contribution in [0.2, 0.25) is 18.1 Å². The molecule has 2 unspecified atom stereocenters. The van der Waals surface area contributed by atoms with E-state index in [0.717, 1.165) is 11.4 Å². The Bertz CT molecular complexity index is 812. The van der Waals surface area contributed by atoms with E-state index in [1.807, 2.05) is 22.9 Å². The molecule has 0 aliphatic carbocycles. The Balaban J connectivity index is 1.96. The number of carbonyl (C=O) groups is 1. The lowest BCUT2D eigenvalue weighted by atomic mass is 10.0. The molecule has 0 spiro atoms. The standard InChI is InChI=1S/C20H29N3O3Si/c1-7-25-19(24)18-21-16-13-15(26-27(5,6)20(2,3)4)17(23(16)22-18)14-11-9-8-10-12-14/h8-12,15,17H,7,13H2,1-6H3. The molecule has 0 N–H and O–H groups in total. The molecule has 1 aliphatic rings. The van der Waals surface area contributed by atoms with E-state index >= 15 is 0 Å². The zero-order valence-electron chi connectivity index (χ0n) is 17.0. The van der Waals surface area contributed by atoms with Crippen molar-refractivity contribution in [1.82, 2.24) is 14.8 Å². The topological polar surface area (TPSA) is 66.2 Å². The molecule has 0 radical (unpaired) electrons. The minimum Gasteiger partial charge on any atom is -0.460 e. The summed E-state index contributed by atoms with van der Waals surface area (Å²) in [5.74, 6) is 0.419. The molecule has 2 atom stereocenters. The number of esters is 1. The van der Waals surface area contributed by atoms with Crippen LogP contribution in [0.1, 0.15) is 55.7 Å². The summed E-state index contributed by atoms with van der Waals surface area (Å²) >= 11 is 0. The number of carbonyl (C=O) groups excluding carboxylic acids is 1. The van der Waals surface area contributed by atoms with Crippen molar-refractivity contribution in [2.45, 2.75) is 64.4 Å². The Labute approximate surface area is 162 Å². The summed E-state index contributed by atoms with van der Waals surface area (Å²) in [4.78, 5) is 16.5. The number of ether oxygens (including phenoxy) is 1. The van der Waals surface area contributed by atoms with Gasteiger partial charge in [0.2, 0.25) is 0 Å². The largest absolute Gasteiger partial charge is 0.460 e. The third-order valence-corrected chi connectivity index (χ3v) is 10.1. The van der Waals surface area contributed by atoms with Crippen LogP contribution in [0.25, 0.3) is 0 Å². The highest BCUT2D eigenvalue weighted by Crippen LogP contribution is 2.41. The van der Waals surface area contributed by atoms with Gasteiger partial charge >= 0.3 is 5.97 Å². The van der Waals surface area contributed by atoms with Gasteiger partial charge in [0.25, 0.3) is 5.82 Å². The van der Waals surface area contributed by atoms with Crippen LogP contribution in [0.5, 0.6) is 0 Å². The number of hydrogen-bond acceptors (Lipinski definition) is 5. The van der Waals surface area contributed by atoms with Crippen molar-refractivity contribution in [2.24, 2.45) is 0 Å². The van der Waals surface area contributed by atoms with Gasteiger partial charge in [0.05, 0.1) is 12.7 Å². The minimum atomic E-state index is -1.97. The van der Waals surface area contributed by atoms with E-state index in [1.165, 1.54) is 0 Å². The van der Waals surface area contributed by atoms with Crippen LogP contribution in [-0.2, 0) is 15.6 Å². The highest BCUT2D eigenvalue weighted by atomic mass is 28.4. The highest BCUT2D eigenvalue weighted by molar-refractivity contribution is 6.74. The molecule has 0 saturated carbocycles. The molecule has 0 saturated heterocycles. The maximum atomic E-state index is 12.1. The molecule has 0 amide bonds. The van der Waals surface area contributed by atoms with Crippen LogP contribution in [-0.4, -0.2) is 41.8 Å². The number of fused-ring (bicyclic) bond motifs is 1. The first-order valence-corrected chi connectivity index (χ1v) is 12.4. The third-order valence-electron chi connectivity index (χ3n) is 5.55. The van der Waals surface area contributed by atoms with Crippen LogP contribution >= 0.6 is 0 Å². The van der Waals surface area contributed by atoms with Gasteiger partial charge in [-0.2, -0.15) is 0 Å². The van der Waals surface area contributed by atoms with E-state index < -0.39 is 14.3 Å². The van der Waals surface area contributed by atoms with Crippen molar-refractivity contribution < 1.29 is 14.0 Å². The van der Waals surface area contributed by atoms with E-state index in [-0.39, 0.29) is 23.0 Å². The first-order valence-electron chi connectivity index (χ1n) is 9.49. The summed E-state index contributed by atoms with van der Waals surface area (Å²) in [5, 5.41) is 4.59. The van der Waals surface area contributed by atoms with Gasteiger partial charge in [-0.3, -0.25) is 0 Å². The van der Waals surface area contributed by atoms with Gasteiger partial charge in [0.1, 0.15) is 11.9 Å².